The number of aliphatic imine (C=N–C) groups is 1. The number of rotatable bonds is 0. The lowest BCUT2D eigenvalue weighted by atomic mass is 10.0. The minimum Gasteiger partial charge on any atom is -0.398 e. The Morgan fingerprint density at radius 2 is 2.07 bits per heavy atom. The number of benzene rings is 1. The Labute approximate surface area is 85.3 Å². The fourth-order valence-electron chi connectivity index (χ4n) is 1.97. The zero-order valence-electron chi connectivity index (χ0n) is 7.83. The van der Waals surface area contributed by atoms with Crippen LogP contribution in [0.25, 0.3) is 10.9 Å². The third-order valence-electron chi connectivity index (χ3n) is 2.60. The van der Waals surface area contributed by atoms with Gasteiger partial charge in [0.2, 0.25) is 0 Å². The van der Waals surface area contributed by atoms with Crippen molar-refractivity contribution in [2.75, 3.05) is 5.73 Å². The van der Waals surface area contributed by atoms with Crippen LogP contribution in [0.4, 0.5) is 5.69 Å². The molecule has 5 heteroatoms. The number of nitrogens with zero attached hydrogens (tertiary/aromatic N) is 1. The third-order valence-corrected chi connectivity index (χ3v) is 2.60. The van der Waals surface area contributed by atoms with Crippen LogP contribution in [0.3, 0.4) is 0 Å². The van der Waals surface area contributed by atoms with Crippen LogP contribution >= 0.6 is 0 Å². The molecule has 0 unspecified atom stereocenters. The molecule has 0 saturated carbocycles. The van der Waals surface area contributed by atoms with E-state index in [9.17, 15) is 0 Å². The standard InChI is InChI=1S/C10H9N5/c11-5-3-4-1-2-14-8(4)7-6(5)9(12)15-10(7)13/h1-3,14H,11H2,(H3,12,13,15). The number of nitrogens with one attached hydrogen (secondary N) is 2. The van der Waals surface area contributed by atoms with Gasteiger partial charge in [-0.1, -0.05) is 0 Å². The van der Waals surface area contributed by atoms with E-state index >= 15 is 0 Å². The largest absolute Gasteiger partial charge is 0.398 e. The number of hydrogen-bond acceptors (Lipinski definition) is 3. The quantitative estimate of drug-likeness (QED) is 0.471. The Bertz CT molecular complexity index is 620. The number of H-pyrrole nitrogens is 1. The summed E-state index contributed by atoms with van der Waals surface area (Å²) in [5, 5.41) is 8.71. The summed E-state index contributed by atoms with van der Waals surface area (Å²) in [6.45, 7) is 0. The summed E-state index contributed by atoms with van der Waals surface area (Å²) in [5.41, 5.74) is 14.4. The van der Waals surface area contributed by atoms with Gasteiger partial charge < -0.3 is 16.5 Å². The Kier molecular flexibility index (Phi) is 1.28. The van der Waals surface area contributed by atoms with E-state index in [1.54, 1.807) is 0 Å². The maximum atomic E-state index is 7.74. The molecule has 3 rings (SSSR count). The normalized spacial score (nSPS) is 14.4. The van der Waals surface area contributed by atoms with Crippen molar-refractivity contribution in [3.63, 3.8) is 0 Å². The average molecular weight is 199 g/mol. The van der Waals surface area contributed by atoms with Crippen LogP contribution in [0, 0.1) is 5.41 Å². The van der Waals surface area contributed by atoms with E-state index in [0.717, 1.165) is 10.9 Å². The van der Waals surface area contributed by atoms with Crippen LogP contribution in [0.5, 0.6) is 0 Å². The zero-order chi connectivity index (χ0) is 10.6. The van der Waals surface area contributed by atoms with Gasteiger partial charge in [-0.2, -0.15) is 0 Å². The molecule has 0 radical (unpaired) electrons. The van der Waals surface area contributed by atoms with Gasteiger partial charge in [0, 0.05) is 17.3 Å². The molecule has 0 bridgehead atoms. The Morgan fingerprint density at radius 1 is 1.27 bits per heavy atom. The summed E-state index contributed by atoms with van der Waals surface area (Å²) in [6, 6.07) is 3.75. The number of fused-ring (bicyclic) bond motifs is 3. The van der Waals surface area contributed by atoms with E-state index in [2.05, 4.69) is 9.98 Å². The first-order valence-electron chi connectivity index (χ1n) is 4.51. The molecule has 0 amide bonds. The number of aromatic nitrogens is 1. The van der Waals surface area contributed by atoms with E-state index in [1.807, 2.05) is 18.3 Å². The first kappa shape index (κ1) is 8.05. The highest BCUT2D eigenvalue weighted by atomic mass is 15.0. The number of amidine groups is 2. The first-order chi connectivity index (χ1) is 7.18. The van der Waals surface area contributed by atoms with Gasteiger partial charge in [-0.25, -0.2) is 4.99 Å². The van der Waals surface area contributed by atoms with E-state index in [0.29, 0.717) is 22.6 Å². The van der Waals surface area contributed by atoms with Crippen molar-refractivity contribution in [1.82, 2.24) is 4.98 Å². The number of nitrogens with two attached hydrogens (primary N) is 2. The number of aromatic amines is 1. The molecule has 0 fully saturated rings. The SMILES string of the molecule is N=C1N=C(N)c2c(N)cc3cc[nH]c3c21. The van der Waals surface area contributed by atoms with Crippen LogP contribution in [0.15, 0.2) is 23.3 Å². The van der Waals surface area contributed by atoms with Gasteiger partial charge in [-0.15, -0.1) is 0 Å². The summed E-state index contributed by atoms with van der Waals surface area (Å²) in [6.07, 6.45) is 1.81. The topological polar surface area (TPSA) is 104 Å². The number of nitrogen functional groups attached to an aromatic ring is 1. The molecule has 2 aromatic rings. The summed E-state index contributed by atoms with van der Waals surface area (Å²) >= 11 is 0. The molecule has 74 valence electrons. The molecule has 0 atom stereocenters. The van der Waals surface area contributed by atoms with E-state index < -0.39 is 0 Å². The third kappa shape index (κ3) is 0.864. The molecular formula is C10H9N5. The second-order valence-electron chi connectivity index (χ2n) is 3.50. The highest BCUT2D eigenvalue weighted by Crippen LogP contribution is 2.30. The van der Waals surface area contributed by atoms with Crippen LogP contribution < -0.4 is 11.5 Å². The number of anilines is 1. The average Bonchev–Trinajstić information content (AvgIpc) is 2.71. The van der Waals surface area contributed by atoms with Crippen LogP contribution in [-0.4, -0.2) is 16.7 Å². The Hall–Kier alpha value is -2.30. The fraction of sp³-hybridized carbons (Fsp3) is 0. The van der Waals surface area contributed by atoms with Crippen molar-refractivity contribution in [1.29, 1.82) is 5.41 Å². The highest BCUT2D eigenvalue weighted by Gasteiger charge is 2.24. The molecule has 0 aliphatic carbocycles. The number of hydrogen-bond donors (Lipinski definition) is 4. The first-order valence-corrected chi connectivity index (χ1v) is 4.51. The van der Waals surface area contributed by atoms with Crippen molar-refractivity contribution in [2.24, 2.45) is 10.7 Å². The van der Waals surface area contributed by atoms with E-state index in [4.69, 9.17) is 16.9 Å². The fourth-order valence-corrected chi connectivity index (χ4v) is 1.97. The smallest absolute Gasteiger partial charge is 0.157 e. The molecule has 15 heavy (non-hydrogen) atoms. The van der Waals surface area contributed by atoms with Crippen LogP contribution in [-0.2, 0) is 0 Å². The molecule has 0 saturated heterocycles. The van der Waals surface area contributed by atoms with Gasteiger partial charge in [-0.05, 0) is 12.1 Å². The van der Waals surface area contributed by atoms with Gasteiger partial charge in [-0.3, -0.25) is 5.41 Å². The summed E-state index contributed by atoms with van der Waals surface area (Å²) in [7, 11) is 0. The minimum absolute atomic E-state index is 0.169. The zero-order valence-corrected chi connectivity index (χ0v) is 7.83. The Balaban J connectivity index is 2.54. The molecule has 2 heterocycles. The van der Waals surface area contributed by atoms with Crippen molar-refractivity contribution in [3.05, 3.63) is 29.5 Å². The van der Waals surface area contributed by atoms with Gasteiger partial charge in [0.05, 0.1) is 16.6 Å². The maximum absolute atomic E-state index is 7.74. The molecular weight excluding hydrogens is 190 g/mol. The molecule has 1 aromatic heterocycles. The van der Waals surface area contributed by atoms with Crippen molar-refractivity contribution in [2.45, 2.75) is 0 Å². The molecule has 1 aromatic carbocycles. The molecule has 1 aliphatic rings. The minimum atomic E-state index is 0.169. The molecule has 5 nitrogen and oxygen atoms in total. The van der Waals surface area contributed by atoms with E-state index in [1.165, 1.54) is 0 Å². The van der Waals surface area contributed by atoms with E-state index in [-0.39, 0.29) is 5.84 Å². The van der Waals surface area contributed by atoms with Gasteiger partial charge in [0.25, 0.3) is 0 Å². The van der Waals surface area contributed by atoms with Crippen molar-refractivity contribution >= 4 is 28.3 Å². The second-order valence-corrected chi connectivity index (χ2v) is 3.50. The highest BCUT2D eigenvalue weighted by molar-refractivity contribution is 6.27. The van der Waals surface area contributed by atoms with Crippen molar-refractivity contribution in [3.8, 4) is 0 Å². The van der Waals surface area contributed by atoms with Gasteiger partial charge in [0.1, 0.15) is 5.84 Å². The lowest BCUT2D eigenvalue weighted by molar-refractivity contribution is 1.43. The monoisotopic (exact) mass is 199 g/mol. The summed E-state index contributed by atoms with van der Waals surface area (Å²) in [5.74, 6) is 0.492. The van der Waals surface area contributed by atoms with Crippen molar-refractivity contribution < 1.29 is 0 Å². The summed E-state index contributed by atoms with van der Waals surface area (Å²) in [4.78, 5) is 7.00. The Morgan fingerprint density at radius 3 is 2.87 bits per heavy atom. The van der Waals surface area contributed by atoms with Gasteiger partial charge >= 0.3 is 0 Å². The molecule has 1 aliphatic heterocycles. The summed E-state index contributed by atoms with van der Waals surface area (Å²) < 4.78 is 0. The van der Waals surface area contributed by atoms with Crippen LogP contribution in [0.1, 0.15) is 11.1 Å². The maximum Gasteiger partial charge on any atom is 0.157 e. The lowest BCUT2D eigenvalue weighted by Gasteiger charge is -2.05. The molecule has 0 spiro atoms. The van der Waals surface area contributed by atoms with Crippen LogP contribution in [0.2, 0.25) is 0 Å². The van der Waals surface area contributed by atoms with Gasteiger partial charge in [0.15, 0.2) is 5.84 Å². The molecule has 6 N–H and O–H groups in total. The lowest BCUT2D eigenvalue weighted by Crippen LogP contribution is -2.13. The predicted molar refractivity (Wildman–Crippen MR) is 60.3 cm³/mol. The second kappa shape index (κ2) is 2.38. The predicted octanol–water partition coefficient (Wildman–Crippen LogP) is 0.794.